The predicted molar refractivity (Wildman–Crippen MR) is 76.7 cm³/mol. The Labute approximate surface area is 118 Å². The molecule has 1 unspecified atom stereocenters. The van der Waals surface area contributed by atoms with Crippen LogP contribution in [0.1, 0.15) is 18.2 Å². The van der Waals surface area contributed by atoms with Gasteiger partial charge in [-0.05, 0) is 43.7 Å². The van der Waals surface area contributed by atoms with E-state index in [2.05, 4.69) is 5.32 Å². The van der Waals surface area contributed by atoms with Crippen LogP contribution in [-0.4, -0.2) is 18.6 Å². The van der Waals surface area contributed by atoms with Crippen molar-refractivity contribution < 1.29 is 13.9 Å². The summed E-state index contributed by atoms with van der Waals surface area (Å²) in [5.41, 5.74) is 1.11. The lowest BCUT2D eigenvalue weighted by Gasteiger charge is -2.13. The molecule has 20 heavy (non-hydrogen) atoms. The van der Waals surface area contributed by atoms with E-state index in [1.807, 2.05) is 50.2 Å². The Bertz CT molecular complexity index is 549. The van der Waals surface area contributed by atoms with E-state index in [9.17, 15) is 4.79 Å². The van der Waals surface area contributed by atoms with E-state index in [-0.39, 0.29) is 18.6 Å². The number of nitrogens with one attached hydrogen (secondary N) is 1. The van der Waals surface area contributed by atoms with Crippen LogP contribution >= 0.6 is 0 Å². The molecule has 0 saturated heterocycles. The number of rotatable bonds is 6. The van der Waals surface area contributed by atoms with Crippen LogP contribution in [0.4, 0.5) is 0 Å². The Balaban J connectivity index is 1.75. The van der Waals surface area contributed by atoms with Crippen molar-refractivity contribution in [2.24, 2.45) is 0 Å². The van der Waals surface area contributed by atoms with E-state index in [1.54, 1.807) is 6.26 Å². The van der Waals surface area contributed by atoms with Gasteiger partial charge in [-0.3, -0.25) is 4.79 Å². The first kappa shape index (κ1) is 14.2. The highest BCUT2D eigenvalue weighted by molar-refractivity contribution is 5.77. The van der Waals surface area contributed by atoms with Crippen LogP contribution in [0.5, 0.6) is 5.75 Å². The fraction of sp³-hybridized carbons (Fsp3) is 0.312. The smallest absolute Gasteiger partial charge is 0.258 e. The van der Waals surface area contributed by atoms with Gasteiger partial charge in [-0.25, -0.2) is 0 Å². The largest absolute Gasteiger partial charge is 0.484 e. The average molecular weight is 273 g/mol. The maximum Gasteiger partial charge on any atom is 0.258 e. The van der Waals surface area contributed by atoms with Crippen molar-refractivity contribution in [3.05, 3.63) is 54.0 Å². The maximum absolute atomic E-state index is 11.8. The number of benzene rings is 1. The summed E-state index contributed by atoms with van der Waals surface area (Å²) in [5.74, 6) is 1.43. The Hall–Kier alpha value is -2.23. The molecule has 0 aliphatic rings. The number of amides is 1. The molecule has 0 fully saturated rings. The Kier molecular flexibility index (Phi) is 4.82. The van der Waals surface area contributed by atoms with E-state index in [1.165, 1.54) is 0 Å². The zero-order valence-electron chi connectivity index (χ0n) is 11.8. The first-order valence-electron chi connectivity index (χ1n) is 6.64. The molecule has 1 N–H and O–H groups in total. The molecule has 1 heterocycles. The minimum atomic E-state index is -0.134. The Morgan fingerprint density at radius 3 is 2.90 bits per heavy atom. The van der Waals surface area contributed by atoms with Crippen LogP contribution in [0.3, 0.4) is 0 Å². The predicted octanol–water partition coefficient (Wildman–Crippen LogP) is 2.71. The summed E-state index contributed by atoms with van der Waals surface area (Å²) in [6, 6.07) is 11.4. The van der Waals surface area contributed by atoms with Gasteiger partial charge in [0.15, 0.2) is 6.61 Å². The van der Waals surface area contributed by atoms with Gasteiger partial charge >= 0.3 is 0 Å². The van der Waals surface area contributed by atoms with Crippen LogP contribution in [0.2, 0.25) is 0 Å². The van der Waals surface area contributed by atoms with Crippen LogP contribution in [0, 0.1) is 6.92 Å². The number of furan rings is 1. The van der Waals surface area contributed by atoms with Crippen LogP contribution in [-0.2, 0) is 11.2 Å². The first-order chi connectivity index (χ1) is 9.63. The molecule has 1 aromatic carbocycles. The number of aryl methyl sites for hydroxylation is 1. The van der Waals surface area contributed by atoms with Crippen LogP contribution < -0.4 is 10.1 Å². The number of ether oxygens (including phenoxy) is 1. The molecule has 2 aromatic rings. The highest BCUT2D eigenvalue weighted by atomic mass is 16.5. The Morgan fingerprint density at radius 1 is 1.35 bits per heavy atom. The third-order valence-corrected chi connectivity index (χ3v) is 2.85. The van der Waals surface area contributed by atoms with Crippen molar-refractivity contribution in [3.8, 4) is 5.75 Å². The van der Waals surface area contributed by atoms with Crippen molar-refractivity contribution in [1.29, 1.82) is 0 Å². The summed E-state index contributed by atoms with van der Waals surface area (Å²) in [7, 11) is 0. The number of carbonyl (C=O) groups excluding carboxylic acids is 1. The molecule has 1 aromatic heterocycles. The fourth-order valence-corrected chi connectivity index (χ4v) is 1.95. The van der Waals surface area contributed by atoms with Gasteiger partial charge in [0.25, 0.3) is 5.91 Å². The van der Waals surface area contributed by atoms with Crippen molar-refractivity contribution >= 4 is 5.91 Å². The van der Waals surface area contributed by atoms with Gasteiger partial charge in [0.2, 0.25) is 0 Å². The molecule has 0 aliphatic heterocycles. The van der Waals surface area contributed by atoms with Gasteiger partial charge in [-0.15, -0.1) is 0 Å². The fourth-order valence-electron chi connectivity index (χ4n) is 1.95. The molecule has 4 nitrogen and oxygen atoms in total. The average Bonchev–Trinajstić information content (AvgIpc) is 2.89. The monoisotopic (exact) mass is 273 g/mol. The third kappa shape index (κ3) is 4.46. The normalized spacial score (nSPS) is 11.9. The lowest BCUT2D eigenvalue weighted by molar-refractivity contribution is -0.123. The summed E-state index contributed by atoms with van der Waals surface area (Å²) < 4.78 is 10.7. The van der Waals surface area contributed by atoms with Gasteiger partial charge in [-0.1, -0.05) is 12.1 Å². The van der Waals surface area contributed by atoms with Gasteiger partial charge in [-0.2, -0.15) is 0 Å². The van der Waals surface area contributed by atoms with E-state index in [0.29, 0.717) is 12.2 Å². The molecule has 0 radical (unpaired) electrons. The van der Waals surface area contributed by atoms with E-state index >= 15 is 0 Å². The minimum absolute atomic E-state index is 0.00904. The molecule has 1 amide bonds. The Morgan fingerprint density at radius 2 is 2.20 bits per heavy atom. The number of hydrogen-bond donors (Lipinski definition) is 1. The summed E-state index contributed by atoms with van der Waals surface area (Å²) in [6.07, 6.45) is 2.30. The summed E-state index contributed by atoms with van der Waals surface area (Å²) in [6.45, 7) is 3.94. The molecular formula is C16H19NO3. The van der Waals surface area contributed by atoms with Crippen molar-refractivity contribution in [3.63, 3.8) is 0 Å². The van der Waals surface area contributed by atoms with Crippen molar-refractivity contribution in [1.82, 2.24) is 5.32 Å². The molecule has 4 heteroatoms. The first-order valence-corrected chi connectivity index (χ1v) is 6.64. The molecule has 0 bridgehead atoms. The zero-order chi connectivity index (χ0) is 14.4. The van der Waals surface area contributed by atoms with Gasteiger partial charge in [0, 0.05) is 12.5 Å². The quantitative estimate of drug-likeness (QED) is 0.880. The molecule has 2 rings (SSSR count). The second-order valence-electron chi connectivity index (χ2n) is 4.86. The lowest BCUT2D eigenvalue weighted by Crippen LogP contribution is -2.37. The topological polar surface area (TPSA) is 51.5 Å². The third-order valence-electron chi connectivity index (χ3n) is 2.85. The molecule has 106 valence electrons. The molecule has 1 atom stereocenters. The highest BCUT2D eigenvalue weighted by Crippen LogP contribution is 2.12. The van der Waals surface area contributed by atoms with Crippen LogP contribution in [0.25, 0.3) is 0 Å². The summed E-state index contributed by atoms with van der Waals surface area (Å²) >= 11 is 0. The lowest BCUT2D eigenvalue weighted by atomic mass is 10.2. The van der Waals surface area contributed by atoms with Gasteiger partial charge in [0.1, 0.15) is 11.5 Å². The van der Waals surface area contributed by atoms with Gasteiger partial charge in [0.05, 0.1) is 6.26 Å². The summed E-state index contributed by atoms with van der Waals surface area (Å²) in [4.78, 5) is 11.8. The number of carbonyl (C=O) groups is 1. The van der Waals surface area contributed by atoms with Crippen LogP contribution in [0.15, 0.2) is 47.1 Å². The SMILES string of the molecule is Cc1cccc(OCC(=O)NC(C)Cc2ccco2)c1. The highest BCUT2D eigenvalue weighted by Gasteiger charge is 2.10. The summed E-state index contributed by atoms with van der Waals surface area (Å²) in [5, 5.41) is 2.88. The van der Waals surface area contributed by atoms with E-state index in [4.69, 9.17) is 9.15 Å². The zero-order valence-corrected chi connectivity index (χ0v) is 11.8. The molecule has 0 aliphatic carbocycles. The second-order valence-corrected chi connectivity index (χ2v) is 4.86. The minimum Gasteiger partial charge on any atom is -0.484 e. The van der Waals surface area contributed by atoms with Gasteiger partial charge < -0.3 is 14.5 Å². The second kappa shape index (κ2) is 6.80. The molecule has 0 spiro atoms. The molecule has 0 saturated carbocycles. The maximum atomic E-state index is 11.8. The van der Waals surface area contributed by atoms with E-state index in [0.717, 1.165) is 11.3 Å². The van der Waals surface area contributed by atoms with Crippen molar-refractivity contribution in [2.75, 3.05) is 6.61 Å². The molecular weight excluding hydrogens is 254 g/mol. The van der Waals surface area contributed by atoms with E-state index < -0.39 is 0 Å². The standard InChI is InChI=1S/C16H19NO3/c1-12-5-3-6-14(9-12)20-11-16(18)17-13(2)10-15-7-4-8-19-15/h3-9,13H,10-11H2,1-2H3,(H,17,18). The number of hydrogen-bond acceptors (Lipinski definition) is 3. The van der Waals surface area contributed by atoms with Crippen molar-refractivity contribution in [2.45, 2.75) is 26.3 Å².